The first kappa shape index (κ1) is 21.7. The molecule has 0 radical (unpaired) electrons. The summed E-state index contributed by atoms with van der Waals surface area (Å²) in [5.74, 6) is 0.0936. The van der Waals surface area contributed by atoms with Crippen LogP contribution in [0.15, 0.2) is 12.1 Å². The molecule has 7 N–H and O–H groups in total. The second-order valence-electron chi connectivity index (χ2n) is 7.38. The third kappa shape index (κ3) is 6.17. The monoisotopic (exact) mass is 384 g/mol. The van der Waals surface area contributed by atoms with Crippen LogP contribution in [0.3, 0.4) is 0 Å². The molecule has 0 aliphatic rings. The van der Waals surface area contributed by atoms with E-state index in [-0.39, 0.29) is 30.2 Å². The van der Waals surface area contributed by atoms with Gasteiger partial charge in [0.05, 0.1) is 0 Å². The van der Waals surface area contributed by atoms with Crippen molar-refractivity contribution in [2.45, 2.75) is 51.6 Å². The normalized spacial score (nSPS) is 16.1. The molecule has 0 spiro atoms. The van der Waals surface area contributed by atoms with Crippen molar-refractivity contribution in [3.8, 4) is 5.75 Å². The van der Waals surface area contributed by atoms with E-state index in [1.165, 1.54) is 6.07 Å². The summed E-state index contributed by atoms with van der Waals surface area (Å²) >= 11 is 0. The molecule has 0 aromatic heterocycles. The molecule has 0 aliphatic heterocycles. The van der Waals surface area contributed by atoms with E-state index in [0.29, 0.717) is 16.7 Å². The summed E-state index contributed by atoms with van der Waals surface area (Å²) in [5, 5.41) is 10.1. The molecule has 0 fully saturated rings. The quantitative estimate of drug-likeness (QED) is 0.371. The van der Waals surface area contributed by atoms with Gasteiger partial charge in [-0.05, 0) is 0 Å². The molecule has 0 saturated carbocycles. The Bertz CT molecular complexity index is 571. The zero-order valence-corrected chi connectivity index (χ0v) is 16.5. The number of phenols is 1. The average molecular weight is 384 g/mol. The fourth-order valence-electron chi connectivity index (χ4n) is 2.79. The van der Waals surface area contributed by atoms with Crippen LogP contribution in [0.4, 0.5) is 0 Å². The molecule has 0 saturated heterocycles. The molecule has 142 valence electrons. The first-order valence-electron chi connectivity index (χ1n) is 7.81. The molecular formula is C15H30O7P2. The van der Waals surface area contributed by atoms with Crippen molar-refractivity contribution in [1.82, 2.24) is 0 Å². The van der Waals surface area contributed by atoms with Gasteiger partial charge in [0.2, 0.25) is 0 Å². The number of phenolic OH excluding ortho intramolecular Hbond substituents is 1. The Morgan fingerprint density at radius 1 is 1.00 bits per heavy atom. The molecule has 24 heavy (non-hydrogen) atoms. The van der Waals surface area contributed by atoms with Crippen molar-refractivity contribution < 1.29 is 34.5 Å². The summed E-state index contributed by atoms with van der Waals surface area (Å²) in [4.78, 5) is 56.8. The van der Waals surface area contributed by atoms with Gasteiger partial charge in [-0.3, -0.25) is 0 Å². The van der Waals surface area contributed by atoms with Gasteiger partial charge in [-0.2, -0.15) is 0 Å². The maximum absolute atomic E-state index is 10.1. The predicted molar refractivity (Wildman–Crippen MR) is 98.3 cm³/mol. The molecule has 1 atom stereocenters. The van der Waals surface area contributed by atoms with Crippen LogP contribution in [0.5, 0.6) is 5.75 Å². The SMILES string of the molecule is Cc1cc(O)c(C(C)(C)C)cc1C(CCC[PH](O)(O)O)[PH](O)(O)O. The van der Waals surface area contributed by atoms with Crippen LogP contribution in [0.25, 0.3) is 0 Å². The van der Waals surface area contributed by atoms with Crippen LogP contribution >= 0.6 is 15.9 Å². The molecule has 1 unspecified atom stereocenters. The van der Waals surface area contributed by atoms with Gasteiger partial charge in [-0.15, -0.1) is 0 Å². The van der Waals surface area contributed by atoms with Crippen LogP contribution < -0.4 is 0 Å². The molecule has 7 nitrogen and oxygen atoms in total. The Balaban J connectivity index is 3.24. The molecule has 0 bridgehead atoms. The van der Waals surface area contributed by atoms with E-state index in [1.54, 1.807) is 13.0 Å². The van der Waals surface area contributed by atoms with E-state index >= 15 is 0 Å². The second kappa shape index (κ2) is 7.48. The summed E-state index contributed by atoms with van der Waals surface area (Å²) in [5.41, 5.74) is 0.334. The number of rotatable bonds is 6. The van der Waals surface area contributed by atoms with Crippen LogP contribution in [0, 0.1) is 6.92 Å². The Labute approximate surface area is 143 Å². The van der Waals surface area contributed by atoms with Gasteiger partial charge in [0.25, 0.3) is 0 Å². The number of aromatic hydroxyl groups is 1. The van der Waals surface area contributed by atoms with Crippen LogP contribution in [0.1, 0.15) is 56.0 Å². The minimum absolute atomic E-state index is 0.0708. The fourth-order valence-corrected chi connectivity index (χ4v) is 4.78. The second-order valence-corrected chi connectivity index (χ2v) is 11.5. The molecule has 0 amide bonds. The minimum atomic E-state index is -4.57. The van der Waals surface area contributed by atoms with E-state index in [4.69, 9.17) is 14.7 Å². The predicted octanol–water partition coefficient (Wildman–Crippen LogP) is 1.76. The van der Waals surface area contributed by atoms with Crippen LogP contribution in [-0.4, -0.2) is 40.6 Å². The molecule has 9 heteroatoms. The van der Waals surface area contributed by atoms with E-state index in [2.05, 4.69) is 0 Å². The average Bonchev–Trinajstić information content (AvgIpc) is 2.31. The number of hydrogen-bond donors (Lipinski definition) is 7. The topological polar surface area (TPSA) is 142 Å². The van der Waals surface area contributed by atoms with Crippen molar-refractivity contribution in [3.05, 3.63) is 28.8 Å². The van der Waals surface area contributed by atoms with Gasteiger partial charge < -0.3 is 0 Å². The molecule has 1 rings (SSSR count). The Morgan fingerprint density at radius 3 is 1.96 bits per heavy atom. The third-order valence-electron chi connectivity index (χ3n) is 4.04. The van der Waals surface area contributed by atoms with Crippen molar-refractivity contribution in [2.24, 2.45) is 0 Å². The van der Waals surface area contributed by atoms with Gasteiger partial charge >= 0.3 is 143 Å². The van der Waals surface area contributed by atoms with E-state index in [0.717, 1.165) is 0 Å². The van der Waals surface area contributed by atoms with Crippen LogP contribution in [-0.2, 0) is 5.41 Å². The Hall–Kier alpha value is -0.360. The Morgan fingerprint density at radius 2 is 1.54 bits per heavy atom. The first-order chi connectivity index (χ1) is 10.6. The number of benzene rings is 1. The number of aryl methyl sites for hydroxylation is 1. The standard InChI is InChI=1S/C15H30O7P2/c1-10-8-13(16)12(15(2,3)4)9-11(10)14(24(20,21)22)6-5-7-23(17,18)19/h8-9,14,16-24H,5-7H2,1-4H3. The maximum atomic E-state index is 10.1. The molecule has 0 aliphatic carbocycles. The first-order valence-corrected chi connectivity index (χ1v) is 11.8. The zero-order valence-electron chi connectivity index (χ0n) is 14.5. The van der Waals surface area contributed by atoms with E-state index in [1.807, 2.05) is 20.8 Å². The molecule has 1 aromatic rings. The summed E-state index contributed by atoms with van der Waals surface area (Å²) in [6.45, 7) is 7.40. The Kier molecular flexibility index (Phi) is 6.76. The van der Waals surface area contributed by atoms with Crippen LogP contribution in [0.2, 0.25) is 0 Å². The third-order valence-corrected chi connectivity index (χ3v) is 6.60. The van der Waals surface area contributed by atoms with E-state index in [9.17, 15) is 19.8 Å². The van der Waals surface area contributed by atoms with Crippen molar-refractivity contribution in [1.29, 1.82) is 0 Å². The zero-order chi connectivity index (χ0) is 18.9. The van der Waals surface area contributed by atoms with E-state index < -0.39 is 21.5 Å². The molecular weight excluding hydrogens is 354 g/mol. The van der Waals surface area contributed by atoms with Crippen molar-refractivity contribution >= 4 is 15.9 Å². The fraction of sp³-hybridized carbons (Fsp3) is 0.600. The van der Waals surface area contributed by atoms with Gasteiger partial charge in [0, 0.05) is 0 Å². The summed E-state index contributed by atoms with van der Waals surface area (Å²) in [6, 6.07) is 3.17. The molecule has 1 aromatic carbocycles. The summed E-state index contributed by atoms with van der Waals surface area (Å²) in [6.07, 6.45) is -0.0689. The van der Waals surface area contributed by atoms with Gasteiger partial charge in [0.15, 0.2) is 0 Å². The van der Waals surface area contributed by atoms with Crippen molar-refractivity contribution in [3.63, 3.8) is 0 Å². The molecule has 0 heterocycles. The summed E-state index contributed by atoms with van der Waals surface area (Å²) in [7, 11) is -8.78. The summed E-state index contributed by atoms with van der Waals surface area (Å²) < 4.78 is 0. The van der Waals surface area contributed by atoms with Crippen molar-refractivity contribution in [2.75, 3.05) is 6.16 Å². The van der Waals surface area contributed by atoms with Gasteiger partial charge in [-0.25, -0.2) is 0 Å². The van der Waals surface area contributed by atoms with Gasteiger partial charge in [0.1, 0.15) is 0 Å². The van der Waals surface area contributed by atoms with Gasteiger partial charge in [-0.1, -0.05) is 0 Å². The number of hydrogen-bond acceptors (Lipinski definition) is 7.